The molecule has 2 heterocycles. The quantitative estimate of drug-likeness (QED) is 0.861. The molecule has 5 heteroatoms. The SMILES string of the molecule is CN(C(=O)c1ccc(Cl)s1)C1CCNC1. The first kappa shape index (κ1) is 10.9. The summed E-state index contributed by atoms with van der Waals surface area (Å²) in [7, 11) is 1.85. The molecule has 2 rings (SSSR count). The van der Waals surface area contributed by atoms with Crippen LogP contribution in [0.4, 0.5) is 0 Å². The van der Waals surface area contributed by atoms with E-state index in [2.05, 4.69) is 5.32 Å². The number of rotatable bonds is 2. The van der Waals surface area contributed by atoms with Crippen molar-refractivity contribution in [2.75, 3.05) is 20.1 Å². The van der Waals surface area contributed by atoms with E-state index in [4.69, 9.17) is 11.6 Å². The average molecular weight is 245 g/mol. The molecule has 0 spiro atoms. The normalized spacial score (nSPS) is 20.5. The topological polar surface area (TPSA) is 32.3 Å². The molecule has 1 aromatic heterocycles. The average Bonchev–Trinajstić information content (AvgIpc) is 2.85. The molecule has 0 aliphatic carbocycles. The van der Waals surface area contributed by atoms with Crippen LogP contribution in [0, 0.1) is 0 Å². The summed E-state index contributed by atoms with van der Waals surface area (Å²) in [6.07, 6.45) is 1.03. The summed E-state index contributed by atoms with van der Waals surface area (Å²) in [6, 6.07) is 3.87. The largest absolute Gasteiger partial charge is 0.337 e. The predicted molar refractivity (Wildman–Crippen MR) is 62.7 cm³/mol. The summed E-state index contributed by atoms with van der Waals surface area (Å²) in [5, 5.41) is 3.25. The molecule has 0 aromatic carbocycles. The van der Waals surface area contributed by atoms with Crippen LogP contribution in [-0.2, 0) is 0 Å². The molecule has 15 heavy (non-hydrogen) atoms. The first-order valence-corrected chi connectivity index (χ1v) is 6.11. The van der Waals surface area contributed by atoms with Crippen LogP contribution < -0.4 is 5.32 Å². The zero-order valence-corrected chi connectivity index (χ0v) is 10.1. The molecule has 0 saturated carbocycles. The third-order valence-corrected chi connectivity index (χ3v) is 3.91. The number of halogens is 1. The van der Waals surface area contributed by atoms with Gasteiger partial charge in [-0.15, -0.1) is 11.3 Å². The van der Waals surface area contributed by atoms with E-state index in [1.165, 1.54) is 11.3 Å². The highest BCUT2D eigenvalue weighted by molar-refractivity contribution is 7.17. The van der Waals surface area contributed by atoms with Crippen LogP contribution in [0.25, 0.3) is 0 Å². The molecule has 1 atom stereocenters. The maximum atomic E-state index is 12.0. The molecule has 0 bridgehead atoms. The fraction of sp³-hybridized carbons (Fsp3) is 0.500. The van der Waals surface area contributed by atoms with Crippen molar-refractivity contribution in [3.8, 4) is 0 Å². The van der Waals surface area contributed by atoms with Gasteiger partial charge in [0.15, 0.2) is 0 Å². The lowest BCUT2D eigenvalue weighted by molar-refractivity contribution is 0.0748. The Morgan fingerprint density at radius 3 is 3.00 bits per heavy atom. The van der Waals surface area contributed by atoms with Gasteiger partial charge in [-0.25, -0.2) is 0 Å². The number of thiophene rings is 1. The van der Waals surface area contributed by atoms with Gasteiger partial charge in [-0.2, -0.15) is 0 Å². The maximum Gasteiger partial charge on any atom is 0.264 e. The van der Waals surface area contributed by atoms with Crippen LogP contribution in [0.1, 0.15) is 16.1 Å². The van der Waals surface area contributed by atoms with Gasteiger partial charge in [0.2, 0.25) is 0 Å². The fourth-order valence-corrected chi connectivity index (χ4v) is 2.76. The predicted octanol–water partition coefficient (Wildman–Crippen LogP) is 1.84. The van der Waals surface area contributed by atoms with Crippen molar-refractivity contribution in [3.63, 3.8) is 0 Å². The lowest BCUT2D eigenvalue weighted by Crippen LogP contribution is -2.37. The number of hydrogen-bond donors (Lipinski definition) is 1. The molecule has 1 fully saturated rings. The lowest BCUT2D eigenvalue weighted by Gasteiger charge is -2.22. The van der Waals surface area contributed by atoms with Crippen molar-refractivity contribution >= 4 is 28.8 Å². The molecule has 1 aliphatic heterocycles. The second kappa shape index (κ2) is 4.51. The van der Waals surface area contributed by atoms with Gasteiger partial charge in [-0.05, 0) is 25.1 Å². The van der Waals surface area contributed by atoms with E-state index < -0.39 is 0 Å². The van der Waals surface area contributed by atoms with Crippen molar-refractivity contribution in [2.24, 2.45) is 0 Å². The minimum atomic E-state index is 0.0700. The van der Waals surface area contributed by atoms with Crippen molar-refractivity contribution in [3.05, 3.63) is 21.3 Å². The van der Waals surface area contributed by atoms with Gasteiger partial charge in [0, 0.05) is 19.6 Å². The monoisotopic (exact) mass is 244 g/mol. The lowest BCUT2D eigenvalue weighted by atomic mass is 10.2. The maximum absolute atomic E-state index is 12.0. The third kappa shape index (κ3) is 2.33. The Balaban J connectivity index is 2.06. The third-order valence-electron chi connectivity index (χ3n) is 2.69. The van der Waals surface area contributed by atoms with Crippen LogP contribution in [0.15, 0.2) is 12.1 Å². The van der Waals surface area contributed by atoms with E-state index in [0.717, 1.165) is 24.4 Å². The van der Waals surface area contributed by atoms with E-state index in [9.17, 15) is 4.79 Å². The van der Waals surface area contributed by atoms with Gasteiger partial charge in [0.25, 0.3) is 5.91 Å². The van der Waals surface area contributed by atoms with Gasteiger partial charge in [-0.3, -0.25) is 4.79 Å². The standard InChI is InChI=1S/C10H13ClN2OS/c1-13(7-4-5-12-6-7)10(14)8-2-3-9(11)15-8/h2-3,7,12H,4-6H2,1H3. The molecule has 0 radical (unpaired) electrons. The van der Waals surface area contributed by atoms with Gasteiger partial charge in [-0.1, -0.05) is 11.6 Å². The minimum absolute atomic E-state index is 0.0700. The van der Waals surface area contributed by atoms with Crippen molar-refractivity contribution < 1.29 is 4.79 Å². The summed E-state index contributed by atoms with van der Waals surface area (Å²) in [6.45, 7) is 1.88. The van der Waals surface area contributed by atoms with E-state index in [1.807, 2.05) is 11.9 Å². The van der Waals surface area contributed by atoms with E-state index in [0.29, 0.717) is 10.4 Å². The van der Waals surface area contributed by atoms with Crippen LogP contribution >= 0.6 is 22.9 Å². The highest BCUT2D eigenvalue weighted by Gasteiger charge is 2.24. The first-order chi connectivity index (χ1) is 7.18. The van der Waals surface area contributed by atoms with Crippen molar-refractivity contribution in [1.29, 1.82) is 0 Å². The Morgan fingerprint density at radius 1 is 1.67 bits per heavy atom. The second-order valence-corrected chi connectivity index (χ2v) is 5.38. The van der Waals surface area contributed by atoms with Gasteiger partial charge < -0.3 is 10.2 Å². The molecule has 1 N–H and O–H groups in total. The number of nitrogens with one attached hydrogen (secondary N) is 1. The number of nitrogens with zero attached hydrogens (tertiary/aromatic N) is 1. The van der Waals surface area contributed by atoms with Gasteiger partial charge >= 0.3 is 0 Å². The number of carbonyl (C=O) groups excluding carboxylic acids is 1. The highest BCUT2D eigenvalue weighted by atomic mass is 35.5. The minimum Gasteiger partial charge on any atom is -0.337 e. The van der Waals surface area contributed by atoms with Gasteiger partial charge in [0.1, 0.15) is 0 Å². The summed E-state index contributed by atoms with van der Waals surface area (Å²) >= 11 is 7.14. The zero-order valence-electron chi connectivity index (χ0n) is 8.50. The molecule has 1 saturated heterocycles. The molecule has 1 aromatic rings. The summed E-state index contributed by atoms with van der Waals surface area (Å²) in [5.41, 5.74) is 0. The molecule has 1 amide bonds. The smallest absolute Gasteiger partial charge is 0.264 e. The molecule has 1 aliphatic rings. The Morgan fingerprint density at radius 2 is 2.47 bits per heavy atom. The van der Waals surface area contributed by atoms with Crippen LogP contribution in [-0.4, -0.2) is 37.0 Å². The van der Waals surface area contributed by atoms with E-state index >= 15 is 0 Å². The van der Waals surface area contributed by atoms with Gasteiger partial charge in [0.05, 0.1) is 9.21 Å². The molecule has 1 unspecified atom stereocenters. The Labute approximate surface area is 98.0 Å². The molecule has 3 nitrogen and oxygen atoms in total. The Hall–Kier alpha value is -0.580. The Bertz CT molecular complexity index is 360. The van der Waals surface area contributed by atoms with E-state index in [1.54, 1.807) is 12.1 Å². The fourth-order valence-electron chi connectivity index (χ4n) is 1.74. The summed E-state index contributed by atoms with van der Waals surface area (Å²) in [4.78, 5) is 14.5. The van der Waals surface area contributed by atoms with E-state index in [-0.39, 0.29) is 5.91 Å². The summed E-state index contributed by atoms with van der Waals surface area (Å²) in [5.74, 6) is 0.0700. The Kier molecular flexibility index (Phi) is 3.29. The van der Waals surface area contributed by atoms with Crippen molar-refractivity contribution in [1.82, 2.24) is 10.2 Å². The van der Waals surface area contributed by atoms with Crippen LogP contribution in [0.2, 0.25) is 4.34 Å². The van der Waals surface area contributed by atoms with Crippen LogP contribution in [0.3, 0.4) is 0 Å². The summed E-state index contributed by atoms with van der Waals surface area (Å²) < 4.78 is 0.663. The molecular weight excluding hydrogens is 232 g/mol. The first-order valence-electron chi connectivity index (χ1n) is 4.91. The number of hydrogen-bond acceptors (Lipinski definition) is 3. The number of amides is 1. The number of likely N-dealkylation sites (N-methyl/N-ethyl adjacent to an activating group) is 1. The number of carbonyl (C=O) groups is 1. The van der Waals surface area contributed by atoms with Crippen LogP contribution in [0.5, 0.6) is 0 Å². The zero-order chi connectivity index (χ0) is 10.8. The highest BCUT2D eigenvalue weighted by Crippen LogP contribution is 2.23. The van der Waals surface area contributed by atoms with Crippen molar-refractivity contribution in [2.45, 2.75) is 12.5 Å². The molecule has 82 valence electrons. The molecular formula is C10H13ClN2OS. The second-order valence-electron chi connectivity index (χ2n) is 3.67.